The first kappa shape index (κ1) is 8.59. The van der Waals surface area contributed by atoms with E-state index in [9.17, 15) is 0 Å². The van der Waals surface area contributed by atoms with Crippen LogP contribution in [0.25, 0.3) is 0 Å². The van der Waals surface area contributed by atoms with Crippen LogP contribution < -0.4 is 0 Å². The molecule has 1 unspecified atom stereocenters. The summed E-state index contributed by atoms with van der Waals surface area (Å²) >= 11 is 0. The van der Waals surface area contributed by atoms with Crippen molar-refractivity contribution in [1.29, 1.82) is 5.26 Å². The van der Waals surface area contributed by atoms with E-state index < -0.39 is 0 Å². The highest BCUT2D eigenvalue weighted by molar-refractivity contribution is 4.79. The normalized spacial score (nSPS) is 21.5. The van der Waals surface area contributed by atoms with Gasteiger partial charge >= 0.3 is 0 Å². The van der Waals surface area contributed by atoms with Crippen molar-refractivity contribution in [3.8, 4) is 6.07 Å². The molecule has 1 fully saturated rings. The Morgan fingerprint density at radius 3 is 2.64 bits per heavy atom. The van der Waals surface area contributed by atoms with Crippen molar-refractivity contribution in [2.45, 2.75) is 45.4 Å². The summed E-state index contributed by atoms with van der Waals surface area (Å²) in [5.74, 6) is 1.22. The smallest absolute Gasteiger partial charge is 0.0652 e. The molecular weight excluding hydrogens is 134 g/mol. The van der Waals surface area contributed by atoms with Crippen LogP contribution in [0.1, 0.15) is 45.4 Å². The molecule has 0 saturated heterocycles. The van der Waals surface area contributed by atoms with Crippen molar-refractivity contribution >= 4 is 0 Å². The van der Waals surface area contributed by atoms with Gasteiger partial charge in [-0.15, -0.1) is 0 Å². The Hall–Kier alpha value is -0.510. The molecule has 0 spiro atoms. The van der Waals surface area contributed by atoms with Gasteiger partial charge < -0.3 is 0 Å². The van der Waals surface area contributed by atoms with Crippen LogP contribution in [0.4, 0.5) is 0 Å². The van der Waals surface area contributed by atoms with Crippen molar-refractivity contribution in [3.05, 3.63) is 0 Å². The van der Waals surface area contributed by atoms with E-state index in [1.54, 1.807) is 0 Å². The molecule has 1 aliphatic rings. The molecule has 0 radical (unpaired) electrons. The van der Waals surface area contributed by atoms with Crippen LogP contribution in [-0.4, -0.2) is 0 Å². The van der Waals surface area contributed by atoms with Crippen LogP contribution in [0.5, 0.6) is 0 Å². The molecule has 0 aromatic carbocycles. The molecule has 0 amide bonds. The first-order valence-electron chi connectivity index (χ1n) is 4.72. The van der Waals surface area contributed by atoms with E-state index >= 15 is 0 Å². The average molecular weight is 151 g/mol. The van der Waals surface area contributed by atoms with E-state index in [4.69, 9.17) is 5.26 Å². The van der Waals surface area contributed by atoms with Gasteiger partial charge in [0.15, 0.2) is 0 Å². The Morgan fingerprint density at radius 1 is 1.45 bits per heavy atom. The van der Waals surface area contributed by atoms with E-state index in [0.717, 1.165) is 12.3 Å². The topological polar surface area (TPSA) is 23.8 Å². The average Bonchev–Trinajstić information content (AvgIpc) is 2.52. The molecule has 1 saturated carbocycles. The summed E-state index contributed by atoms with van der Waals surface area (Å²) < 4.78 is 0. The third-order valence-corrected chi connectivity index (χ3v) is 2.70. The second-order valence-electron chi connectivity index (χ2n) is 3.76. The van der Waals surface area contributed by atoms with Crippen LogP contribution in [-0.2, 0) is 0 Å². The minimum Gasteiger partial charge on any atom is -0.198 e. The quantitative estimate of drug-likeness (QED) is 0.608. The predicted molar refractivity (Wildman–Crippen MR) is 46.0 cm³/mol. The highest BCUT2D eigenvalue weighted by Crippen LogP contribution is 2.29. The van der Waals surface area contributed by atoms with Gasteiger partial charge in [0.1, 0.15) is 0 Å². The van der Waals surface area contributed by atoms with Crippen molar-refractivity contribution in [3.63, 3.8) is 0 Å². The Morgan fingerprint density at radius 2 is 2.09 bits per heavy atom. The molecule has 62 valence electrons. The summed E-state index contributed by atoms with van der Waals surface area (Å²) in [6.45, 7) is 2.02. The molecule has 0 bridgehead atoms. The number of nitrogens with zero attached hydrogens (tertiary/aromatic N) is 1. The van der Waals surface area contributed by atoms with Crippen molar-refractivity contribution in [1.82, 2.24) is 0 Å². The van der Waals surface area contributed by atoms with Gasteiger partial charge in [-0.2, -0.15) is 5.26 Å². The van der Waals surface area contributed by atoms with Crippen molar-refractivity contribution < 1.29 is 0 Å². The Labute approximate surface area is 69.4 Å². The molecule has 1 rings (SSSR count). The maximum absolute atomic E-state index is 8.56. The molecular formula is C10H17N. The van der Waals surface area contributed by atoms with Crippen molar-refractivity contribution in [2.24, 2.45) is 11.8 Å². The molecule has 1 aliphatic carbocycles. The summed E-state index contributed by atoms with van der Waals surface area (Å²) in [6.07, 6.45) is 8.07. The van der Waals surface area contributed by atoms with E-state index in [1.165, 1.54) is 32.1 Å². The molecule has 1 heteroatoms. The lowest BCUT2D eigenvalue weighted by Crippen LogP contribution is -1.97. The Bertz CT molecular complexity index is 139. The highest BCUT2D eigenvalue weighted by Gasteiger charge is 2.15. The van der Waals surface area contributed by atoms with Gasteiger partial charge in [0.2, 0.25) is 0 Å². The molecule has 1 nitrogen and oxygen atoms in total. The minimum absolute atomic E-state index is 0.274. The SMILES string of the molecule is CC(C#N)CCC1CCCC1. The fourth-order valence-electron chi connectivity index (χ4n) is 1.85. The van der Waals surface area contributed by atoms with Crippen molar-refractivity contribution in [2.75, 3.05) is 0 Å². The molecule has 0 aliphatic heterocycles. The van der Waals surface area contributed by atoms with Crippen LogP contribution in [0.15, 0.2) is 0 Å². The monoisotopic (exact) mass is 151 g/mol. The summed E-state index contributed by atoms with van der Waals surface area (Å²) in [6, 6.07) is 2.29. The predicted octanol–water partition coefficient (Wildman–Crippen LogP) is 3.12. The van der Waals surface area contributed by atoms with Gasteiger partial charge in [0.25, 0.3) is 0 Å². The van der Waals surface area contributed by atoms with E-state index in [0.29, 0.717) is 0 Å². The molecule has 1 atom stereocenters. The van der Waals surface area contributed by atoms with Crippen LogP contribution in [0, 0.1) is 23.2 Å². The third-order valence-electron chi connectivity index (χ3n) is 2.70. The van der Waals surface area contributed by atoms with Gasteiger partial charge in [-0.05, 0) is 25.7 Å². The third kappa shape index (κ3) is 2.93. The fraction of sp³-hybridized carbons (Fsp3) is 0.900. The van der Waals surface area contributed by atoms with Crippen LogP contribution >= 0.6 is 0 Å². The van der Waals surface area contributed by atoms with E-state index in [2.05, 4.69) is 6.07 Å². The lowest BCUT2D eigenvalue weighted by molar-refractivity contribution is 0.453. The second kappa shape index (κ2) is 4.38. The molecule has 11 heavy (non-hydrogen) atoms. The number of nitriles is 1. The summed E-state index contributed by atoms with van der Waals surface area (Å²) in [7, 11) is 0. The highest BCUT2D eigenvalue weighted by atomic mass is 14.3. The van der Waals surface area contributed by atoms with Gasteiger partial charge in [-0.25, -0.2) is 0 Å². The largest absolute Gasteiger partial charge is 0.198 e. The number of hydrogen-bond acceptors (Lipinski definition) is 1. The number of rotatable bonds is 3. The number of hydrogen-bond donors (Lipinski definition) is 0. The van der Waals surface area contributed by atoms with Crippen LogP contribution in [0.3, 0.4) is 0 Å². The zero-order valence-corrected chi connectivity index (χ0v) is 7.34. The van der Waals surface area contributed by atoms with E-state index in [1.807, 2.05) is 6.92 Å². The van der Waals surface area contributed by atoms with Crippen LogP contribution in [0.2, 0.25) is 0 Å². The standard InChI is InChI=1S/C10H17N/c1-9(8-11)6-7-10-4-2-3-5-10/h9-10H,2-7H2,1H3. The van der Waals surface area contributed by atoms with Gasteiger partial charge in [-0.1, -0.05) is 25.7 Å². The lowest BCUT2D eigenvalue weighted by Gasteiger charge is -2.08. The van der Waals surface area contributed by atoms with E-state index in [-0.39, 0.29) is 5.92 Å². The lowest BCUT2D eigenvalue weighted by atomic mass is 9.97. The fourth-order valence-corrected chi connectivity index (χ4v) is 1.85. The second-order valence-corrected chi connectivity index (χ2v) is 3.76. The summed E-state index contributed by atoms with van der Waals surface area (Å²) in [5.41, 5.74) is 0. The molecule has 0 heterocycles. The summed E-state index contributed by atoms with van der Waals surface area (Å²) in [5, 5.41) is 8.56. The summed E-state index contributed by atoms with van der Waals surface area (Å²) in [4.78, 5) is 0. The molecule has 0 N–H and O–H groups in total. The molecule has 0 aromatic rings. The molecule has 0 aromatic heterocycles. The zero-order valence-electron chi connectivity index (χ0n) is 7.34. The Kier molecular flexibility index (Phi) is 3.42. The van der Waals surface area contributed by atoms with Gasteiger partial charge in [-0.3, -0.25) is 0 Å². The zero-order chi connectivity index (χ0) is 8.10. The maximum atomic E-state index is 8.56. The van der Waals surface area contributed by atoms with Gasteiger partial charge in [0.05, 0.1) is 6.07 Å². The first-order valence-corrected chi connectivity index (χ1v) is 4.72. The minimum atomic E-state index is 0.274. The first-order chi connectivity index (χ1) is 5.33. The maximum Gasteiger partial charge on any atom is 0.0652 e. The Balaban J connectivity index is 2.07. The van der Waals surface area contributed by atoms with Gasteiger partial charge in [0, 0.05) is 5.92 Å².